The van der Waals surface area contributed by atoms with Crippen LogP contribution in [0.4, 0.5) is 0 Å². The number of unbranched alkanes of at least 4 members (excludes halogenated alkanes) is 6. The van der Waals surface area contributed by atoms with Crippen LogP contribution in [-0.2, 0) is 14.9 Å². The highest BCUT2D eigenvalue weighted by molar-refractivity contribution is 5.89. The molecule has 0 amide bonds. The van der Waals surface area contributed by atoms with Crippen molar-refractivity contribution < 1.29 is 19.7 Å². The first kappa shape index (κ1) is 21.8. The Balaban J connectivity index is 1.24. The van der Waals surface area contributed by atoms with E-state index in [0.29, 0.717) is 18.8 Å². The Bertz CT molecular complexity index is 998. The molecule has 2 N–H and O–H groups in total. The van der Waals surface area contributed by atoms with Crippen molar-refractivity contribution in [3.63, 3.8) is 0 Å². The van der Waals surface area contributed by atoms with Gasteiger partial charge < -0.3 is 14.9 Å². The highest BCUT2D eigenvalue weighted by Crippen LogP contribution is 2.72. The van der Waals surface area contributed by atoms with Crippen LogP contribution in [0.1, 0.15) is 94.8 Å². The summed E-state index contributed by atoms with van der Waals surface area (Å²) in [7, 11) is 0. The van der Waals surface area contributed by atoms with Crippen molar-refractivity contribution in [2.45, 2.75) is 95.2 Å². The van der Waals surface area contributed by atoms with Gasteiger partial charge in [0.25, 0.3) is 0 Å². The maximum atomic E-state index is 12.6. The van der Waals surface area contributed by atoms with Crippen LogP contribution < -0.4 is 0 Å². The predicted molar refractivity (Wildman–Crippen MR) is 126 cm³/mol. The van der Waals surface area contributed by atoms with E-state index < -0.39 is 6.10 Å². The molecule has 4 nitrogen and oxygen atoms in total. The number of rotatable bonds is 9. The van der Waals surface area contributed by atoms with Crippen molar-refractivity contribution >= 4 is 16.7 Å². The van der Waals surface area contributed by atoms with E-state index in [1.165, 1.54) is 37.7 Å². The quantitative estimate of drug-likeness (QED) is 0.357. The normalized spacial score (nSPS) is 29.9. The molecule has 2 aromatic rings. The zero-order valence-corrected chi connectivity index (χ0v) is 19.2. The number of esters is 1. The van der Waals surface area contributed by atoms with Gasteiger partial charge in [-0.3, -0.25) is 4.79 Å². The third kappa shape index (κ3) is 3.71. The Labute approximate surface area is 191 Å². The Kier molecular flexibility index (Phi) is 5.92. The summed E-state index contributed by atoms with van der Waals surface area (Å²) in [6.45, 7) is 2.23. The number of carbonyl (C=O) groups is 1. The van der Waals surface area contributed by atoms with Gasteiger partial charge in [0.15, 0.2) is 0 Å². The second-order valence-electron chi connectivity index (χ2n) is 10.4. The van der Waals surface area contributed by atoms with Crippen LogP contribution in [0, 0.1) is 11.8 Å². The van der Waals surface area contributed by atoms with E-state index in [4.69, 9.17) is 4.74 Å². The van der Waals surface area contributed by atoms with Crippen molar-refractivity contribution in [1.82, 2.24) is 0 Å². The summed E-state index contributed by atoms with van der Waals surface area (Å²) in [4.78, 5) is 12.6. The summed E-state index contributed by atoms with van der Waals surface area (Å²) in [6.07, 6.45) is 11.0. The van der Waals surface area contributed by atoms with Crippen molar-refractivity contribution in [3.8, 4) is 5.75 Å². The summed E-state index contributed by atoms with van der Waals surface area (Å²) < 4.78 is 6.01. The molecule has 0 heterocycles. The zero-order valence-electron chi connectivity index (χ0n) is 19.2. The van der Waals surface area contributed by atoms with Gasteiger partial charge in [-0.1, -0.05) is 63.6 Å². The Morgan fingerprint density at radius 2 is 1.84 bits per heavy atom. The number of carbonyl (C=O) groups excluding carboxylic acids is 1. The minimum Gasteiger partial charge on any atom is -0.508 e. The van der Waals surface area contributed by atoms with Gasteiger partial charge in [-0.2, -0.15) is 0 Å². The van der Waals surface area contributed by atoms with E-state index in [1.54, 1.807) is 12.1 Å². The molecular formula is C28H36O4. The van der Waals surface area contributed by atoms with Crippen LogP contribution in [0.25, 0.3) is 10.8 Å². The van der Waals surface area contributed by atoms with Gasteiger partial charge in [0.05, 0.1) is 6.10 Å². The molecule has 5 rings (SSSR count). The number of benzene rings is 2. The number of hydrogen-bond acceptors (Lipinski definition) is 4. The standard InChI is InChI=1S/C28H36O4/c1-2-3-4-5-6-7-8-9-26(31)32-25-15-19-17-28(19)22-13-10-18-14-20(29)11-12-21(18)27(22)24(30)16-23(25)28/h10-14,19,23-25,29-30H,2-9,15-17H2,1H3/t19-,23?,24+,25+,28+/m1/s1. The molecule has 1 unspecified atom stereocenters. The summed E-state index contributed by atoms with van der Waals surface area (Å²) in [5, 5.41) is 23.0. The van der Waals surface area contributed by atoms with Crippen molar-refractivity contribution in [3.05, 3.63) is 41.5 Å². The number of fused-ring (bicyclic) bond motifs is 3. The van der Waals surface area contributed by atoms with Crippen molar-refractivity contribution in [1.29, 1.82) is 0 Å². The van der Waals surface area contributed by atoms with Gasteiger partial charge >= 0.3 is 5.97 Å². The number of aromatic hydroxyl groups is 1. The minimum atomic E-state index is -0.558. The highest BCUT2D eigenvalue weighted by atomic mass is 16.5. The van der Waals surface area contributed by atoms with E-state index >= 15 is 0 Å². The average molecular weight is 437 g/mol. The molecule has 2 aromatic carbocycles. The van der Waals surface area contributed by atoms with E-state index in [-0.39, 0.29) is 29.2 Å². The van der Waals surface area contributed by atoms with Crippen LogP contribution in [0.5, 0.6) is 5.75 Å². The van der Waals surface area contributed by atoms with Crippen LogP contribution in [0.15, 0.2) is 30.3 Å². The molecule has 32 heavy (non-hydrogen) atoms. The van der Waals surface area contributed by atoms with Crippen LogP contribution in [-0.4, -0.2) is 22.3 Å². The molecule has 2 saturated carbocycles. The third-order valence-electron chi connectivity index (χ3n) is 8.40. The SMILES string of the molecule is CCCCCCCCCC(=O)O[C@H]1C[C@@H]2C[C@@]23c2ccc4cc(O)ccc4c2[C@@H](O)CC13. The van der Waals surface area contributed by atoms with E-state index in [1.807, 2.05) is 6.07 Å². The van der Waals surface area contributed by atoms with Gasteiger partial charge in [0.1, 0.15) is 11.9 Å². The first-order valence-electron chi connectivity index (χ1n) is 12.7. The van der Waals surface area contributed by atoms with Crippen LogP contribution in [0.2, 0.25) is 0 Å². The summed E-state index contributed by atoms with van der Waals surface area (Å²) in [5.74, 6) is 0.943. The summed E-state index contributed by atoms with van der Waals surface area (Å²) in [5.41, 5.74) is 2.33. The summed E-state index contributed by atoms with van der Waals surface area (Å²) >= 11 is 0. The van der Waals surface area contributed by atoms with E-state index in [2.05, 4.69) is 19.1 Å². The van der Waals surface area contributed by atoms with Crippen molar-refractivity contribution in [2.75, 3.05) is 0 Å². The fourth-order valence-electron chi connectivity index (χ4n) is 6.81. The number of aliphatic hydroxyl groups is 1. The van der Waals surface area contributed by atoms with Gasteiger partial charge in [0, 0.05) is 17.8 Å². The molecule has 0 bridgehead atoms. The minimum absolute atomic E-state index is 0.0604. The largest absolute Gasteiger partial charge is 0.508 e. The smallest absolute Gasteiger partial charge is 0.306 e. The van der Waals surface area contributed by atoms with Gasteiger partial charge in [-0.05, 0) is 65.6 Å². The molecule has 0 aromatic heterocycles. The van der Waals surface area contributed by atoms with Gasteiger partial charge in [-0.25, -0.2) is 0 Å². The lowest BCUT2D eigenvalue weighted by molar-refractivity contribution is -0.152. The number of aliphatic hydroxyl groups excluding tert-OH is 1. The first-order chi connectivity index (χ1) is 15.5. The lowest BCUT2D eigenvalue weighted by Crippen LogP contribution is -2.36. The van der Waals surface area contributed by atoms with Gasteiger partial charge in [0.2, 0.25) is 0 Å². The number of phenols is 1. The van der Waals surface area contributed by atoms with Gasteiger partial charge in [-0.15, -0.1) is 0 Å². The fraction of sp³-hybridized carbons (Fsp3) is 0.607. The topological polar surface area (TPSA) is 66.8 Å². The number of phenolic OH excluding ortho intramolecular Hbond substituents is 1. The fourth-order valence-corrected chi connectivity index (χ4v) is 6.81. The van der Waals surface area contributed by atoms with E-state index in [0.717, 1.165) is 42.0 Å². The molecule has 4 heteroatoms. The number of ether oxygens (including phenoxy) is 1. The highest BCUT2D eigenvalue weighted by Gasteiger charge is 2.70. The number of hydrogen-bond donors (Lipinski definition) is 2. The van der Waals surface area contributed by atoms with Crippen LogP contribution in [0.3, 0.4) is 0 Å². The molecule has 0 aliphatic heterocycles. The summed E-state index contributed by atoms with van der Waals surface area (Å²) in [6, 6.07) is 9.60. The third-order valence-corrected chi connectivity index (χ3v) is 8.40. The zero-order chi connectivity index (χ0) is 22.3. The second kappa shape index (κ2) is 8.70. The van der Waals surface area contributed by atoms with E-state index in [9.17, 15) is 15.0 Å². The molecule has 0 saturated heterocycles. The first-order valence-corrected chi connectivity index (χ1v) is 12.7. The molecule has 3 aliphatic rings. The molecule has 5 atom stereocenters. The Morgan fingerprint density at radius 1 is 1.06 bits per heavy atom. The Hall–Kier alpha value is -2.07. The maximum Gasteiger partial charge on any atom is 0.306 e. The molecule has 0 radical (unpaired) electrons. The predicted octanol–water partition coefficient (Wildman–Crippen LogP) is 6.31. The van der Waals surface area contributed by atoms with Crippen molar-refractivity contribution in [2.24, 2.45) is 11.8 Å². The lowest BCUT2D eigenvalue weighted by atomic mass is 9.70. The maximum absolute atomic E-state index is 12.6. The monoisotopic (exact) mass is 436 g/mol. The second-order valence-corrected chi connectivity index (χ2v) is 10.4. The molecule has 172 valence electrons. The molecular weight excluding hydrogens is 400 g/mol. The average Bonchev–Trinajstić information content (AvgIpc) is 3.40. The lowest BCUT2D eigenvalue weighted by Gasteiger charge is -2.38. The molecule has 2 fully saturated rings. The molecule has 1 spiro atoms. The van der Waals surface area contributed by atoms with Crippen LogP contribution >= 0.6 is 0 Å². The molecule has 3 aliphatic carbocycles. The Morgan fingerprint density at radius 3 is 2.66 bits per heavy atom.